The van der Waals surface area contributed by atoms with Gasteiger partial charge in [-0.15, -0.1) is 0 Å². The number of hydrogen-bond donors (Lipinski definition) is 0. The summed E-state index contributed by atoms with van der Waals surface area (Å²) in [5.41, 5.74) is 1.58. The van der Waals surface area contributed by atoms with Crippen LogP contribution in [-0.2, 0) is 13.0 Å². The van der Waals surface area contributed by atoms with E-state index < -0.39 is 0 Å². The van der Waals surface area contributed by atoms with Gasteiger partial charge in [0.1, 0.15) is 0 Å². The van der Waals surface area contributed by atoms with E-state index in [-0.39, 0.29) is 0 Å². The van der Waals surface area contributed by atoms with Crippen molar-refractivity contribution in [2.75, 3.05) is 0 Å². The van der Waals surface area contributed by atoms with Crippen LogP contribution in [0.4, 0.5) is 0 Å². The second-order valence-corrected chi connectivity index (χ2v) is 13.2. The van der Waals surface area contributed by atoms with Gasteiger partial charge in [-0.25, -0.2) is 0 Å². The first kappa shape index (κ1) is 41.3. The summed E-state index contributed by atoms with van der Waals surface area (Å²) >= 11 is 0. The minimum atomic E-state index is 1.24. The first-order valence-electron chi connectivity index (χ1n) is 20.0. The molecule has 42 heavy (non-hydrogen) atoms. The Hall–Kier alpha value is -0.720. The number of nitrogens with zero attached hydrogens (tertiary/aromatic N) is 1. The number of aryl methyl sites for hydroxylation is 2. The Labute approximate surface area is 267 Å². The fourth-order valence-electron chi connectivity index (χ4n) is 6.40. The Bertz CT molecular complexity index is 587. The Morgan fingerprint density at radius 1 is 0.381 bits per heavy atom. The first-order valence-corrected chi connectivity index (χ1v) is 20.0. The quantitative estimate of drug-likeness (QED) is 0.0721. The zero-order valence-electron chi connectivity index (χ0n) is 30.0. The van der Waals surface area contributed by atoms with Crippen LogP contribution in [0.5, 0.6) is 0 Å². The van der Waals surface area contributed by atoms with Gasteiger partial charge < -0.3 is 4.57 Å². The van der Waals surface area contributed by atoms with Crippen molar-refractivity contribution in [1.29, 1.82) is 0 Å². The fourth-order valence-corrected chi connectivity index (χ4v) is 6.40. The molecule has 250 valence electrons. The third-order valence-corrected chi connectivity index (χ3v) is 9.21. The van der Waals surface area contributed by atoms with Gasteiger partial charge in [-0.1, -0.05) is 214 Å². The van der Waals surface area contributed by atoms with Crippen molar-refractivity contribution >= 4 is 0 Å². The van der Waals surface area contributed by atoms with E-state index in [2.05, 4.69) is 36.7 Å². The van der Waals surface area contributed by atoms with Crippen LogP contribution in [0.3, 0.4) is 0 Å². The largest absolute Gasteiger partial charge is 0.351 e. The lowest BCUT2D eigenvalue weighted by molar-refractivity contribution is 0.515. The van der Waals surface area contributed by atoms with E-state index in [1.54, 1.807) is 5.69 Å². The lowest BCUT2D eigenvalue weighted by Crippen LogP contribution is -2.02. The highest BCUT2D eigenvalue weighted by Crippen LogP contribution is 2.16. The van der Waals surface area contributed by atoms with Crippen molar-refractivity contribution in [3.05, 3.63) is 24.0 Å². The van der Waals surface area contributed by atoms with Crippen molar-refractivity contribution in [3.8, 4) is 0 Å². The van der Waals surface area contributed by atoms with Crippen LogP contribution in [0.15, 0.2) is 18.3 Å². The molecule has 1 rings (SSSR count). The summed E-state index contributed by atoms with van der Waals surface area (Å²) < 4.78 is 2.55. The van der Waals surface area contributed by atoms with Crippen LogP contribution in [-0.4, -0.2) is 4.57 Å². The Kier molecular flexibility index (Phi) is 35.8. The van der Waals surface area contributed by atoms with Crippen molar-refractivity contribution in [1.82, 2.24) is 4.57 Å². The number of rotatable bonds is 33. The van der Waals surface area contributed by atoms with Gasteiger partial charge in [0.15, 0.2) is 0 Å². The van der Waals surface area contributed by atoms with Crippen LogP contribution in [0.25, 0.3) is 0 Å². The van der Waals surface area contributed by atoms with Gasteiger partial charge in [-0.05, 0) is 31.4 Å². The van der Waals surface area contributed by atoms with Gasteiger partial charge in [0.05, 0.1) is 0 Å². The lowest BCUT2D eigenvalue weighted by atomic mass is 10.0. The smallest absolute Gasteiger partial charge is 0.0222 e. The second kappa shape index (κ2) is 36.5. The average molecular weight is 588 g/mol. The number of hydrogen-bond acceptors (Lipinski definition) is 0. The van der Waals surface area contributed by atoms with Crippen molar-refractivity contribution < 1.29 is 0 Å². The monoisotopic (exact) mass is 588 g/mol. The van der Waals surface area contributed by atoms with Crippen LogP contribution in [0.1, 0.15) is 232 Å². The minimum absolute atomic E-state index is 1.24. The van der Waals surface area contributed by atoms with Crippen molar-refractivity contribution in [2.45, 2.75) is 240 Å². The van der Waals surface area contributed by atoms with Crippen molar-refractivity contribution in [3.63, 3.8) is 0 Å². The number of unbranched alkanes of at least 4 members (excludes halogenated alkanes) is 29. The molecule has 0 saturated carbocycles. The van der Waals surface area contributed by atoms with Gasteiger partial charge >= 0.3 is 0 Å². The molecule has 0 aliphatic heterocycles. The minimum Gasteiger partial charge on any atom is -0.351 e. The first-order chi connectivity index (χ1) is 20.9. The third kappa shape index (κ3) is 29.4. The van der Waals surface area contributed by atoms with Gasteiger partial charge in [0.2, 0.25) is 0 Å². The molecule has 0 radical (unpaired) electrons. The molecule has 1 heteroatoms. The molecule has 0 fully saturated rings. The molecule has 1 aromatic rings. The second-order valence-electron chi connectivity index (χ2n) is 13.2. The Morgan fingerprint density at radius 2 is 0.667 bits per heavy atom. The topological polar surface area (TPSA) is 4.93 Å². The molecule has 1 nitrogen and oxygen atoms in total. The molecule has 0 atom stereocenters. The third-order valence-electron chi connectivity index (χ3n) is 9.21. The van der Waals surface area contributed by atoms with E-state index >= 15 is 0 Å². The fraction of sp³-hybridized carbons (Fsp3) is 0.902. The average Bonchev–Trinajstić information content (AvgIpc) is 3.47. The van der Waals surface area contributed by atoms with Gasteiger partial charge in [-0.3, -0.25) is 0 Å². The zero-order valence-corrected chi connectivity index (χ0v) is 30.0. The molecule has 0 aliphatic carbocycles. The lowest BCUT2D eigenvalue weighted by Gasteiger charge is -2.09. The maximum absolute atomic E-state index is 2.55. The summed E-state index contributed by atoms with van der Waals surface area (Å²) in [6.07, 6.45) is 48.5. The molecule has 0 aromatic carbocycles. The number of aromatic nitrogens is 1. The van der Waals surface area contributed by atoms with Gasteiger partial charge in [-0.2, -0.15) is 0 Å². The molecule has 1 heterocycles. The maximum Gasteiger partial charge on any atom is 0.0222 e. The van der Waals surface area contributed by atoms with Crippen LogP contribution in [0, 0.1) is 0 Å². The molecular formula is C41H81N. The predicted octanol–water partition coefficient (Wildman–Crippen LogP) is 15.2. The highest BCUT2D eigenvalue weighted by Gasteiger charge is 2.02. The standard InChI is InChI=1S/C39H75N.C2H6/c1-3-5-7-9-11-13-15-17-19-21-23-25-27-29-31-33-37-40-38-34-36-39(40)35-32-30-28-26-24-22-20-18-16-14-12-10-8-6-4-2;1-2/h34,36,38H,3-33,35,37H2,1-2H3;1-2H3. The summed E-state index contributed by atoms with van der Waals surface area (Å²) in [6.45, 7) is 9.85. The van der Waals surface area contributed by atoms with E-state index in [0.717, 1.165) is 0 Å². The molecular weight excluding hydrogens is 506 g/mol. The molecule has 0 amide bonds. The van der Waals surface area contributed by atoms with E-state index in [1.165, 1.54) is 212 Å². The Balaban J connectivity index is 0.00000821. The normalized spacial score (nSPS) is 11.1. The molecule has 1 aromatic heterocycles. The predicted molar refractivity (Wildman–Crippen MR) is 194 cm³/mol. The van der Waals surface area contributed by atoms with Gasteiger partial charge in [0, 0.05) is 18.4 Å². The summed E-state index contributed by atoms with van der Waals surface area (Å²) in [5, 5.41) is 0. The van der Waals surface area contributed by atoms with E-state index in [9.17, 15) is 0 Å². The van der Waals surface area contributed by atoms with Crippen LogP contribution >= 0.6 is 0 Å². The molecule has 0 spiro atoms. The molecule has 0 aliphatic rings. The summed E-state index contributed by atoms with van der Waals surface area (Å²) in [5.74, 6) is 0. The van der Waals surface area contributed by atoms with Gasteiger partial charge in [0.25, 0.3) is 0 Å². The zero-order chi connectivity index (χ0) is 30.6. The van der Waals surface area contributed by atoms with E-state index in [0.29, 0.717) is 0 Å². The van der Waals surface area contributed by atoms with E-state index in [4.69, 9.17) is 0 Å². The molecule has 0 N–H and O–H groups in total. The molecule has 0 unspecified atom stereocenters. The van der Waals surface area contributed by atoms with E-state index in [1.807, 2.05) is 13.8 Å². The summed E-state index contributed by atoms with van der Waals surface area (Å²) in [4.78, 5) is 0. The summed E-state index contributed by atoms with van der Waals surface area (Å²) in [7, 11) is 0. The van der Waals surface area contributed by atoms with Crippen LogP contribution < -0.4 is 0 Å². The highest BCUT2D eigenvalue weighted by molar-refractivity contribution is 5.07. The molecule has 0 saturated heterocycles. The van der Waals surface area contributed by atoms with Crippen LogP contribution in [0.2, 0.25) is 0 Å². The molecule has 0 bridgehead atoms. The highest BCUT2D eigenvalue weighted by atomic mass is 15.0. The summed E-state index contributed by atoms with van der Waals surface area (Å²) in [6, 6.07) is 4.64. The SMILES string of the molecule is CC.CCCCCCCCCCCCCCCCCCn1cccc1CCCCCCCCCCCCCCCCC. The maximum atomic E-state index is 2.55. The van der Waals surface area contributed by atoms with Crippen molar-refractivity contribution in [2.24, 2.45) is 0 Å². The Morgan fingerprint density at radius 3 is 1.00 bits per heavy atom.